The van der Waals surface area contributed by atoms with Crippen LogP contribution in [0.2, 0.25) is 0 Å². The first-order chi connectivity index (χ1) is 8.07. The van der Waals surface area contributed by atoms with Gasteiger partial charge in [-0.25, -0.2) is 0 Å². The van der Waals surface area contributed by atoms with E-state index in [9.17, 15) is 19.8 Å². The van der Waals surface area contributed by atoms with Gasteiger partial charge in [-0.15, -0.1) is 0 Å². The fourth-order valence-electron chi connectivity index (χ4n) is 1.73. The summed E-state index contributed by atoms with van der Waals surface area (Å²) in [5.41, 5.74) is 0. The quantitative estimate of drug-likeness (QED) is 0.480. The summed E-state index contributed by atoms with van der Waals surface area (Å²) in [7, 11) is 0. The maximum absolute atomic E-state index is 10.6. The molecule has 0 heterocycles. The molecule has 0 saturated heterocycles. The molecule has 0 aliphatic carbocycles. The fourth-order valence-corrected chi connectivity index (χ4v) is 1.73. The number of carboxylic acid groups (broad SMARTS) is 2. The second kappa shape index (κ2) is 10.1. The summed E-state index contributed by atoms with van der Waals surface area (Å²) in [6.45, 7) is -0.135. The number of aliphatic hydroxyl groups is 1. The minimum absolute atomic E-state index is 0.0895. The standard InChI is InChI=1S/C12H22O5/c13-9-8-10(12(16)17)6-4-2-1-3-5-7-11(14)15/h10,13H,1-9H2,(H,14,15)(H,16,17)/p-2. The highest BCUT2D eigenvalue weighted by atomic mass is 16.4. The predicted molar refractivity (Wildman–Crippen MR) is 57.5 cm³/mol. The van der Waals surface area contributed by atoms with Crippen LogP contribution in [0.5, 0.6) is 0 Å². The van der Waals surface area contributed by atoms with Crippen LogP contribution in [-0.4, -0.2) is 23.7 Å². The highest BCUT2D eigenvalue weighted by Crippen LogP contribution is 2.14. The smallest absolute Gasteiger partial charge is 0.0446 e. The lowest BCUT2D eigenvalue weighted by Crippen LogP contribution is -2.31. The van der Waals surface area contributed by atoms with Gasteiger partial charge >= 0.3 is 0 Å². The number of hydrogen-bond acceptors (Lipinski definition) is 5. The molecule has 0 aromatic carbocycles. The van der Waals surface area contributed by atoms with E-state index in [0.717, 1.165) is 25.7 Å². The molecule has 1 N–H and O–H groups in total. The lowest BCUT2D eigenvalue weighted by molar-refractivity contribution is -0.312. The average Bonchev–Trinajstić information content (AvgIpc) is 2.25. The molecule has 100 valence electrons. The van der Waals surface area contributed by atoms with Gasteiger partial charge in [0.15, 0.2) is 0 Å². The van der Waals surface area contributed by atoms with Crippen molar-refractivity contribution in [3.05, 3.63) is 0 Å². The lowest BCUT2D eigenvalue weighted by Gasteiger charge is -2.16. The van der Waals surface area contributed by atoms with Gasteiger partial charge in [0, 0.05) is 24.5 Å². The molecular formula is C12H20O5-2. The van der Waals surface area contributed by atoms with Crippen molar-refractivity contribution >= 4 is 11.9 Å². The summed E-state index contributed by atoms with van der Waals surface area (Å²) in [6.07, 6.45) is 4.83. The zero-order valence-corrected chi connectivity index (χ0v) is 10.0. The van der Waals surface area contributed by atoms with E-state index in [0.29, 0.717) is 12.8 Å². The second-order valence-electron chi connectivity index (χ2n) is 4.21. The van der Waals surface area contributed by atoms with Crippen molar-refractivity contribution in [2.45, 2.75) is 51.4 Å². The number of carbonyl (C=O) groups excluding carboxylic acids is 2. The third-order valence-corrected chi connectivity index (χ3v) is 2.74. The Balaban J connectivity index is 3.42. The van der Waals surface area contributed by atoms with Crippen LogP contribution in [0, 0.1) is 5.92 Å². The molecule has 0 rings (SSSR count). The minimum Gasteiger partial charge on any atom is -0.550 e. The zero-order valence-electron chi connectivity index (χ0n) is 10.0. The molecule has 0 aliphatic rings. The highest BCUT2D eigenvalue weighted by molar-refractivity contribution is 5.67. The molecule has 1 atom stereocenters. The first-order valence-electron chi connectivity index (χ1n) is 6.09. The van der Waals surface area contributed by atoms with Crippen molar-refractivity contribution in [2.24, 2.45) is 5.92 Å². The van der Waals surface area contributed by atoms with Gasteiger partial charge in [-0.1, -0.05) is 25.7 Å². The van der Waals surface area contributed by atoms with E-state index < -0.39 is 17.9 Å². The molecule has 0 aromatic heterocycles. The molecule has 0 bridgehead atoms. The van der Waals surface area contributed by atoms with Crippen LogP contribution in [0.15, 0.2) is 0 Å². The molecule has 0 aromatic rings. The number of aliphatic hydroxyl groups excluding tert-OH is 1. The number of rotatable bonds is 11. The fraction of sp³-hybridized carbons (Fsp3) is 0.833. The van der Waals surface area contributed by atoms with Gasteiger partial charge in [0.1, 0.15) is 0 Å². The van der Waals surface area contributed by atoms with Crippen LogP contribution >= 0.6 is 0 Å². The largest absolute Gasteiger partial charge is 0.550 e. The zero-order chi connectivity index (χ0) is 13.1. The molecule has 0 fully saturated rings. The maximum atomic E-state index is 10.6. The summed E-state index contributed by atoms with van der Waals surface area (Å²) in [5.74, 6) is -2.69. The van der Waals surface area contributed by atoms with Crippen LogP contribution in [-0.2, 0) is 9.59 Å². The molecule has 5 heteroatoms. The third kappa shape index (κ3) is 9.81. The van der Waals surface area contributed by atoms with Crippen LogP contribution in [0.4, 0.5) is 0 Å². The molecule has 0 spiro atoms. The van der Waals surface area contributed by atoms with Crippen LogP contribution in [0.3, 0.4) is 0 Å². The van der Waals surface area contributed by atoms with Gasteiger partial charge in [-0.3, -0.25) is 0 Å². The van der Waals surface area contributed by atoms with Gasteiger partial charge < -0.3 is 24.9 Å². The molecular weight excluding hydrogens is 224 g/mol. The van der Waals surface area contributed by atoms with E-state index in [1.54, 1.807) is 0 Å². The molecule has 5 nitrogen and oxygen atoms in total. The Morgan fingerprint density at radius 1 is 0.941 bits per heavy atom. The Morgan fingerprint density at radius 2 is 1.53 bits per heavy atom. The van der Waals surface area contributed by atoms with Gasteiger partial charge in [-0.2, -0.15) is 0 Å². The van der Waals surface area contributed by atoms with E-state index in [1.807, 2.05) is 0 Å². The predicted octanol–water partition coefficient (Wildman–Crippen LogP) is -0.784. The van der Waals surface area contributed by atoms with Crippen molar-refractivity contribution in [1.82, 2.24) is 0 Å². The monoisotopic (exact) mass is 244 g/mol. The minimum atomic E-state index is -1.10. The molecule has 0 saturated carbocycles. The van der Waals surface area contributed by atoms with E-state index in [2.05, 4.69) is 0 Å². The summed E-state index contributed by atoms with van der Waals surface area (Å²) >= 11 is 0. The molecule has 0 amide bonds. The number of unbranched alkanes of at least 4 members (excludes halogenated alkanes) is 4. The van der Waals surface area contributed by atoms with E-state index in [-0.39, 0.29) is 19.4 Å². The van der Waals surface area contributed by atoms with Crippen molar-refractivity contribution in [1.29, 1.82) is 0 Å². The number of carbonyl (C=O) groups is 2. The van der Waals surface area contributed by atoms with Gasteiger partial charge in [0.25, 0.3) is 0 Å². The number of hydrogen-bond donors (Lipinski definition) is 1. The van der Waals surface area contributed by atoms with Crippen molar-refractivity contribution in [2.75, 3.05) is 6.61 Å². The Hall–Kier alpha value is -1.10. The summed E-state index contributed by atoms with van der Waals surface area (Å²) in [6, 6.07) is 0. The summed E-state index contributed by atoms with van der Waals surface area (Å²) in [5, 5.41) is 29.4. The summed E-state index contributed by atoms with van der Waals surface area (Å²) < 4.78 is 0. The van der Waals surface area contributed by atoms with Crippen LogP contribution in [0.1, 0.15) is 51.4 Å². The Kier molecular flexibility index (Phi) is 9.43. The molecule has 0 aliphatic heterocycles. The van der Waals surface area contributed by atoms with Crippen LogP contribution < -0.4 is 10.2 Å². The first kappa shape index (κ1) is 15.9. The Labute approximate surface area is 101 Å². The van der Waals surface area contributed by atoms with Crippen molar-refractivity contribution in [3.63, 3.8) is 0 Å². The van der Waals surface area contributed by atoms with Crippen molar-refractivity contribution in [3.8, 4) is 0 Å². The van der Waals surface area contributed by atoms with E-state index >= 15 is 0 Å². The SMILES string of the molecule is O=C([O-])CCCCCCCC(CCO)C(=O)[O-]. The van der Waals surface area contributed by atoms with E-state index in [4.69, 9.17) is 5.11 Å². The molecule has 1 unspecified atom stereocenters. The Bertz CT molecular complexity index is 227. The maximum Gasteiger partial charge on any atom is 0.0446 e. The van der Waals surface area contributed by atoms with Gasteiger partial charge in [-0.05, 0) is 25.7 Å². The normalized spacial score (nSPS) is 12.3. The first-order valence-corrected chi connectivity index (χ1v) is 6.09. The average molecular weight is 244 g/mol. The van der Waals surface area contributed by atoms with Crippen LogP contribution in [0.25, 0.3) is 0 Å². The Morgan fingerprint density at radius 3 is 2.06 bits per heavy atom. The van der Waals surface area contributed by atoms with Crippen molar-refractivity contribution < 1.29 is 24.9 Å². The third-order valence-electron chi connectivity index (χ3n) is 2.74. The summed E-state index contributed by atoms with van der Waals surface area (Å²) in [4.78, 5) is 20.8. The van der Waals surface area contributed by atoms with Gasteiger partial charge in [0.2, 0.25) is 0 Å². The second-order valence-corrected chi connectivity index (χ2v) is 4.21. The number of carboxylic acids is 2. The van der Waals surface area contributed by atoms with Gasteiger partial charge in [0.05, 0.1) is 0 Å². The highest BCUT2D eigenvalue weighted by Gasteiger charge is 2.08. The lowest BCUT2D eigenvalue weighted by atomic mass is 9.97. The van der Waals surface area contributed by atoms with E-state index in [1.165, 1.54) is 0 Å². The molecule has 0 radical (unpaired) electrons. The number of aliphatic carboxylic acids is 2. The topological polar surface area (TPSA) is 100 Å². The molecule has 17 heavy (non-hydrogen) atoms.